The second-order valence-corrected chi connectivity index (χ2v) is 8.20. The van der Waals surface area contributed by atoms with Gasteiger partial charge in [0, 0.05) is 30.0 Å². The topological polar surface area (TPSA) is 70.4 Å². The maximum atomic E-state index is 12.8. The fourth-order valence-electron chi connectivity index (χ4n) is 3.58. The van der Waals surface area contributed by atoms with Gasteiger partial charge in [-0.05, 0) is 6.92 Å². The lowest BCUT2D eigenvalue weighted by atomic mass is 9.81. The van der Waals surface area contributed by atoms with Gasteiger partial charge in [-0.1, -0.05) is 6.92 Å². The Hall–Kier alpha value is -1.13. The third-order valence-electron chi connectivity index (χ3n) is 4.36. The Morgan fingerprint density at radius 2 is 2.24 bits per heavy atom. The molecule has 3 rings (SSSR count). The number of hydrogen-bond donors (Lipinski definition) is 0. The molecule has 1 spiro atoms. The summed E-state index contributed by atoms with van der Waals surface area (Å²) in [6.07, 6.45) is 1.89. The van der Waals surface area contributed by atoms with Gasteiger partial charge in [0.2, 0.25) is 5.91 Å². The SMILES string of the molecule is CCOC(=O)[C@]12[C@H](C)CC(=O)N1C=C(C#N)C21SCCS1. The zero-order valence-electron chi connectivity index (χ0n) is 11.9. The van der Waals surface area contributed by atoms with Gasteiger partial charge < -0.3 is 4.74 Å². The van der Waals surface area contributed by atoms with Gasteiger partial charge in [0.05, 0.1) is 18.2 Å². The molecule has 0 aromatic heterocycles. The predicted octanol–water partition coefficient (Wildman–Crippen LogP) is 1.75. The smallest absolute Gasteiger partial charge is 0.335 e. The number of amides is 1. The number of nitriles is 1. The van der Waals surface area contributed by atoms with Crippen molar-refractivity contribution >= 4 is 35.4 Å². The molecular formula is C14H16N2O3S2. The van der Waals surface area contributed by atoms with Crippen molar-refractivity contribution < 1.29 is 14.3 Å². The number of hydrogen-bond acceptors (Lipinski definition) is 6. The van der Waals surface area contributed by atoms with Crippen LogP contribution in [-0.2, 0) is 14.3 Å². The number of carbonyl (C=O) groups excluding carboxylic acids is 2. The van der Waals surface area contributed by atoms with E-state index in [1.165, 1.54) is 4.90 Å². The van der Waals surface area contributed by atoms with Gasteiger partial charge in [-0.3, -0.25) is 9.69 Å². The fraction of sp³-hybridized carbons (Fsp3) is 0.643. The zero-order valence-corrected chi connectivity index (χ0v) is 13.6. The molecule has 3 aliphatic rings. The van der Waals surface area contributed by atoms with E-state index >= 15 is 0 Å². The summed E-state index contributed by atoms with van der Waals surface area (Å²) in [6, 6.07) is 2.21. The van der Waals surface area contributed by atoms with E-state index in [9.17, 15) is 14.9 Å². The Balaban J connectivity index is 2.21. The number of esters is 1. The minimum absolute atomic E-state index is 0.103. The Bertz CT molecular complexity index is 577. The molecule has 0 bridgehead atoms. The van der Waals surface area contributed by atoms with Gasteiger partial charge in [-0.15, -0.1) is 23.5 Å². The quantitative estimate of drug-likeness (QED) is 0.721. The minimum Gasteiger partial charge on any atom is -0.464 e. The van der Waals surface area contributed by atoms with Crippen molar-refractivity contribution in [3.05, 3.63) is 11.8 Å². The molecule has 2 saturated heterocycles. The normalized spacial score (nSPS) is 33.0. The molecule has 0 radical (unpaired) electrons. The molecular weight excluding hydrogens is 308 g/mol. The average molecular weight is 324 g/mol. The van der Waals surface area contributed by atoms with Gasteiger partial charge in [-0.2, -0.15) is 5.26 Å². The van der Waals surface area contributed by atoms with Crippen molar-refractivity contribution in [3.8, 4) is 6.07 Å². The zero-order chi connectivity index (χ0) is 15.3. The third kappa shape index (κ3) is 1.60. The third-order valence-corrected chi connectivity index (χ3v) is 8.02. The van der Waals surface area contributed by atoms with E-state index in [-0.39, 0.29) is 24.4 Å². The lowest BCUT2D eigenvalue weighted by molar-refractivity contribution is -0.158. The average Bonchev–Trinajstić information content (AvgIpc) is 3.09. The number of thioether (sulfide) groups is 2. The van der Waals surface area contributed by atoms with E-state index in [0.717, 1.165) is 11.5 Å². The van der Waals surface area contributed by atoms with Crippen LogP contribution in [0, 0.1) is 17.2 Å². The highest BCUT2D eigenvalue weighted by molar-refractivity contribution is 8.21. The summed E-state index contributed by atoms with van der Waals surface area (Å²) in [6.45, 7) is 3.93. The predicted molar refractivity (Wildman–Crippen MR) is 81.3 cm³/mol. The van der Waals surface area contributed by atoms with Crippen LogP contribution in [0.25, 0.3) is 0 Å². The van der Waals surface area contributed by atoms with E-state index < -0.39 is 9.62 Å². The van der Waals surface area contributed by atoms with Crippen LogP contribution < -0.4 is 0 Å². The molecule has 0 saturated carbocycles. The van der Waals surface area contributed by atoms with Crippen molar-refractivity contribution in [2.24, 2.45) is 5.92 Å². The molecule has 112 valence electrons. The molecule has 2 fully saturated rings. The summed E-state index contributed by atoms with van der Waals surface area (Å²) in [7, 11) is 0. The molecule has 21 heavy (non-hydrogen) atoms. The molecule has 7 heteroatoms. The maximum absolute atomic E-state index is 12.8. The first-order valence-electron chi connectivity index (χ1n) is 6.94. The van der Waals surface area contributed by atoms with Crippen LogP contribution in [-0.4, -0.2) is 44.5 Å². The molecule has 0 aromatic rings. The Labute approximate surface area is 132 Å². The van der Waals surface area contributed by atoms with E-state index in [4.69, 9.17) is 4.74 Å². The summed E-state index contributed by atoms with van der Waals surface area (Å²) >= 11 is 3.20. The van der Waals surface area contributed by atoms with Crippen LogP contribution in [0.15, 0.2) is 11.8 Å². The molecule has 3 aliphatic heterocycles. The highest BCUT2D eigenvalue weighted by atomic mass is 32.2. The van der Waals surface area contributed by atoms with E-state index in [2.05, 4.69) is 6.07 Å². The van der Waals surface area contributed by atoms with Crippen LogP contribution in [0.5, 0.6) is 0 Å². The Morgan fingerprint density at radius 1 is 1.57 bits per heavy atom. The second-order valence-electron chi connectivity index (χ2n) is 5.32. The van der Waals surface area contributed by atoms with Crippen LogP contribution in [0.4, 0.5) is 0 Å². The largest absolute Gasteiger partial charge is 0.464 e. The molecule has 0 unspecified atom stereocenters. The van der Waals surface area contributed by atoms with Crippen molar-refractivity contribution in [2.45, 2.75) is 29.9 Å². The monoisotopic (exact) mass is 324 g/mol. The van der Waals surface area contributed by atoms with Crippen LogP contribution >= 0.6 is 23.5 Å². The molecule has 0 N–H and O–H groups in total. The summed E-state index contributed by atoms with van der Waals surface area (Å²) in [5.74, 6) is 1.06. The van der Waals surface area contributed by atoms with Crippen molar-refractivity contribution in [1.82, 2.24) is 4.90 Å². The second kappa shape index (κ2) is 4.96. The van der Waals surface area contributed by atoms with Crippen molar-refractivity contribution in [3.63, 3.8) is 0 Å². The maximum Gasteiger partial charge on any atom is 0.335 e. The number of fused-ring (bicyclic) bond motifs is 2. The fourth-order valence-corrected chi connectivity index (χ4v) is 7.37. The van der Waals surface area contributed by atoms with Crippen LogP contribution in [0.1, 0.15) is 20.3 Å². The van der Waals surface area contributed by atoms with Gasteiger partial charge in [0.15, 0.2) is 5.54 Å². The number of carbonyl (C=O) groups is 2. The first-order valence-corrected chi connectivity index (χ1v) is 8.91. The minimum atomic E-state index is -1.07. The van der Waals surface area contributed by atoms with Crippen molar-refractivity contribution in [1.29, 1.82) is 5.26 Å². The van der Waals surface area contributed by atoms with Crippen molar-refractivity contribution in [2.75, 3.05) is 18.1 Å². The van der Waals surface area contributed by atoms with Crippen LogP contribution in [0.2, 0.25) is 0 Å². The van der Waals surface area contributed by atoms with Crippen LogP contribution in [0.3, 0.4) is 0 Å². The first kappa shape index (κ1) is 14.8. The standard InChI is InChI=1S/C14H16N2O3S2/c1-3-19-12(18)13-9(2)6-11(17)16(13)8-10(7-15)14(13)20-4-5-21-14/h8-9H,3-6H2,1-2H3/t9-,13+/m1/s1. The number of rotatable bonds is 2. The summed E-state index contributed by atoms with van der Waals surface area (Å²) in [5.41, 5.74) is -0.570. The van der Waals surface area contributed by atoms with E-state index in [1.54, 1.807) is 36.6 Å². The lowest BCUT2D eigenvalue weighted by Crippen LogP contribution is -2.62. The van der Waals surface area contributed by atoms with E-state index in [1.807, 2.05) is 6.92 Å². The highest BCUT2D eigenvalue weighted by Gasteiger charge is 2.74. The molecule has 0 aliphatic carbocycles. The molecule has 3 heterocycles. The summed E-state index contributed by atoms with van der Waals surface area (Å²) < 4.78 is 4.62. The lowest BCUT2D eigenvalue weighted by Gasteiger charge is -2.43. The van der Waals surface area contributed by atoms with E-state index in [0.29, 0.717) is 12.0 Å². The Morgan fingerprint density at radius 3 is 2.81 bits per heavy atom. The summed E-state index contributed by atoms with van der Waals surface area (Å²) in [5, 5.41) is 9.51. The van der Waals surface area contributed by atoms with Gasteiger partial charge in [0.25, 0.3) is 0 Å². The summed E-state index contributed by atoms with van der Waals surface area (Å²) in [4.78, 5) is 26.7. The van der Waals surface area contributed by atoms with Gasteiger partial charge in [-0.25, -0.2) is 4.79 Å². The Kier molecular flexibility index (Phi) is 3.49. The first-order chi connectivity index (χ1) is 10.0. The molecule has 5 nitrogen and oxygen atoms in total. The molecule has 1 amide bonds. The number of ether oxygens (including phenoxy) is 1. The van der Waals surface area contributed by atoms with Gasteiger partial charge in [0.1, 0.15) is 4.08 Å². The molecule has 2 atom stereocenters. The van der Waals surface area contributed by atoms with Gasteiger partial charge >= 0.3 is 5.97 Å². The molecule has 0 aromatic carbocycles. The highest BCUT2D eigenvalue weighted by Crippen LogP contribution is 2.65. The number of nitrogens with zero attached hydrogens (tertiary/aromatic N) is 2.